The Morgan fingerprint density at radius 3 is 2.59 bits per heavy atom. The second-order valence-corrected chi connectivity index (χ2v) is 4.95. The molecule has 0 aromatic carbocycles. The van der Waals surface area contributed by atoms with Gasteiger partial charge in [-0.3, -0.25) is 19.2 Å². The molecular formula is C11H16N4O2. The second-order valence-electron chi connectivity index (χ2n) is 4.95. The topological polar surface area (TPSA) is 81.2 Å². The average molecular weight is 236 g/mol. The van der Waals surface area contributed by atoms with E-state index in [-0.39, 0.29) is 18.2 Å². The number of nitrogens with two attached hydrogens (primary N) is 1. The van der Waals surface area contributed by atoms with E-state index < -0.39 is 5.41 Å². The highest BCUT2D eigenvalue weighted by Gasteiger charge is 2.44. The normalized spacial score (nSPS) is 19.1. The summed E-state index contributed by atoms with van der Waals surface area (Å²) in [5, 5.41) is 4.01. The summed E-state index contributed by atoms with van der Waals surface area (Å²) in [4.78, 5) is 24.9. The Morgan fingerprint density at radius 1 is 1.41 bits per heavy atom. The van der Waals surface area contributed by atoms with Crippen molar-refractivity contribution >= 4 is 17.5 Å². The van der Waals surface area contributed by atoms with Gasteiger partial charge in [0.15, 0.2) is 0 Å². The molecule has 1 aromatic heterocycles. The van der Waals surface area contributed by atoms with E-state index in [0.29, 0.717) is 18.8 Å². The summed E-state index contributed by atoms with van der Waals surface area (Å²) in [5.41, 5.74) is 5.53. The van der Waals surface area contributed by atoms with E-state index in [0.717, 1.165) is 0 Å². The zero-order chi connectivity index (χ0) is 12.6. The van der Waals surface area contributed by atoms with Gasteiger partial charge < -0.3 is 5.73 Å². The lowest BCUT2D eigenvalue weighted by molar-refractivity contribution is -0.140. The lowest BCUT2D eigenvalue weighted by Crippen LogP contribution is -2.35. The SMILES string of the molecule is CC1(C)CC(=O)N(CCn2cc(N)cn2)C1=O. The molecule has 0 aliphatic carbocycles. The van der Waals surface area contributed by atoms with Crippen LogP contribution in [0.4, 0.5) is 5.69 Å². The number of anilines is 1. The van der Waals surface area contributed by atoms with Crippen LogP contribution in [-0.4, -0.2) is 33.0 Å². The fourth-order valence-corrected chi connectivity index (χ4v) is 1.96. The predicted molar refractivity (Wildman–Crippen MR) is 61.8 cm³/mol. The Bertz CT molecular complexity index is 464. The Kier molecular flexibility index (Phi) is 2.65. The molecule has 0 unspecified atom stereocenters. The first kappa shape index (κ1) is 11.6. The molecule has 1 aliphatic heterocycles. The maximum atomic E-state index is 11.9. The van der Waals surface area contributed by atoms with Gasteiger partial charge in [0.1, 0.15) is 0 Å². The van der Waals surface area contributed by atoms with Gasteiger partial charge in [-0.1, -0.05) is 13.8 Å². The van der Waals surface area contributed by atoms with Gasteiger partial charge in [-0.05, 0) is 0 Å². The fraction of sp³-hybridized carbons (Fsp3) is 0.545. The van der Waals surface area contributed by atoms with Crippen LogP contribution in [0.15, 0.2) is 12.4 Å². The number of hydrogen-bond donors (Lipinski definition) is 1. The highest BCUT2D eigenvalue weighted by molar-refractivity contribution is 6.05. The van der Waals surface area contributed by atoms with Crippen molar-refractivity contribution in [1.82, 2.24) is 14.7 Å². The molecule has 2 amide bonds. The van der Waals surface area contributed by atoms with Gasteiger partial charge in [-0.15, -0.1) is 0 Å². The van der Waals surface area contributed by atoms with Gasteiger partial charge >= 0.3 is 0 Å². The number of nitrogen functional groups attached to an aromatic ring is 1. The lowest BCUT2D eigenvalue weighted by atomic mass is 9.92. The first-order valence-electron chi connectivity index (χ1n) is 5.53. The second kappa shape index (κ2) is 3.87. The molecule has 92 valence electrons. The van der Waals surface area contributed by atoms with E-state index in [2.05, 4.69) is 5.10 Å². The van der Waals surface area contributed by atoms with Crippen LogP contribution in [0, 0.1) is 5.41 Å². The smallest absolute Gasteiger partial charge is 0.235 e. The van der Waals surface area contributed by atoms with Crippen molar-refractivity contribution in [2.75, 3.05) is 12.3 Å². The molecular weight excluding hydrogens is 220 g/mol. The zero-order valence-corrected chi connectivity index (χ0v) is 10.0. The van der Waals surface area contributed by atoms with E-state index in [1.54, 1.807) is 24.7 Å². The Hall–Kier alpha value is -1.85. The van der Waals surface area contributed by atoms with Crippen LogP contribution >= 0.6 is 0 Å². The number of hydrogen-bond acceptors (Lipinski definition) is 4. The molecule has 2 rings (SSSR count). The molecule has 1 aliphatic rings. The van der Waals surface area contributed by atoms with Crippen molar-refractivity contribution in [2.24, 2.45) is 5.41 Å². The number of nitrogens with zero attached hydrogens (tertiary/aromatic N) is 3. The third kappa shape index (κ3) is 2.15. The number of imide groups is 1. The van der Waals surface area contributed by atoms with Crippen molar-refractivity contribution in [3.63, 3.8) is 0 Å². The third-order valence-corrected chi connectivity index (χ3v) is 2.92. The van der Waals surface area contributed by atoms with Crippen LogP contribution in [0.25, 0.3) is 0 Å². The number of carbonyl (C=O) groups excluding carboxylic acids is 2. The summed E-state index contributed by atoms with van der Waals surface area (Å²) >= 11 is 0. The van der Waals surface area contributed by atoms with Crippen molar-refractivity contribution in [1.29, 1.82) is 0 Å². The van der Waals surface area contributed by atoms with Crippen molar-refractivity contribution < 1.29 is 9.59 Å². The monoisotopic (exact) mass is 236 g/mol. The molecule has 0 atom stereocenters. The molecule has 0 radical (unpaired) electrons. The summed E-state index contributed by atoms with van der Waals surface area (Å²) in [5.74, 6) is -0.220. The molecule has 17 heavy (non-hydrogen) atoms. The number of amides is 2. The van der Waals surface area contributed by atoms with Crippen LogP contribution in [0.5, 0.6) is 0 Å². The largest absolute Gasteiger partial charge is 0.396 e. The Balaban J connectivity index is 2.00. The molecule has 0 saturated carbocycles. The minimum absolute atomic E-state index is 0.109. The van der Waals surface area contributed by atoms with Crippen LogP contribution in [0.1, 0.15) is 20.3 Å². The third-order valence-electron chi connectivity index (χ3n) is 2.92. The molecule has 0 bridgehead atoms. The molecule has 2 N–H and O–H groups in total. The number of carbonyl (C=O) groups is 2. The predicted octanol–water partition coefficient (Wildman–Crippen LogP) is 0.250. The van der Waals surface area contributed by atoms with Crippen LogP contribution < -0.4 is 5.73 Å². The minimum atomic E-state index is -0.569. The Morgan fingerprint density at radius 2 is 2.12 bits per heavy atom. The van der Waals surface area contributed by atoms with Crippen LogP contribution in [-0.2, 0) is 16.1 Å². The van der Waals surface area contributed by atoms with Gasteiger partial charge in [0.25, 0.3) is 0 Å². The van der Waals surface area contributed by atoms with Crippen molar-refractivity contribution in [3.8, 4) is 0 Å². The number of rotatable bonds is 3. The summed E-state index contributed by atoms with van der Waals surface area (Å²) in [6.07, 6.45) is 3.50. The fourth-order valence-electron chi connectivity index (χ4n) is 1.96. The summed E-state index contributed by atoms with van der Waals surface area (Å²) in [6, 6.07) is 0. The highest BCUT2D eigenvalue weighted by Crippen LogP contribution is 2.31. The average Bonchev–Trinajstić information content (AvgIpc) is 2.70. The van der Waals surface area contributed by atoms with Gasteiger partial charge in [0.05, 0.1) is 23.8 Å². The van der Waals surface area contributed by atoms with Crippen molar-refractivity contribution in [2.45, 2.75) is 26.8 Å². The maximum absolute atomic E-state index is 11.9. The quantitative estimate of drug-likeness (QED) is 0.763. The summed E-state index contributed by atoms with van der Waals surface area (Å²) in [6.45, 7) is 4.41. The Labute approximate surface area is 99.4 Å². The maximum Gasteiger partial charge on any atom is 0.235 e. The van der Waals surface area contributed by atoms with Crippen LogP contribution in [0.3, 0.4) is 0 Å². The molecule has 2 heterocycles. The van der Waals surface area contributed by atoms with E-state index in [1.807, 2.05) is 0 Å². The van der Waals surface area contributed by atoms with Gasteiger partial charge in [-0.25, -0.2) is 0 Å². The zero-order valence-electron chi connectivity index (χ0n) is 10.0. The lowest BCUT2D eigenvalue weighted by Gasteiger charge is -2.17. The summed E-state index contributed by atoms with van der Waals surface area (Å²) < 4.78 is 1.63. The van der Waals surface area contributed by atoms with Gasteiger partial charge in [0.2, 0.25) is 11.8 Å². The molecule has 6 nitrogen and oxygen atoms in total. The first-order valence-corrected chi connectivity index (χ1v) is 5.53. The first-order chi connectivity index (χ1) is 7.90. The van der Waals surface area contributed by atoms with Crippen LogP contribution in [0.2, 0.25) is 0 Å². The summed E-state index contributed by atoms with van der Waals surface area (Å²) in [7, 11) is 0. The van der Waals surface area contributed by atoms with E-state index in [4.69, 9.17) is 5.73 Å². The van der Waals surface area contributed by atoms with Gasteiger partial charge in [0, 0.05) is 19.2 Å². The van der Waals surface area contributed by atoms with E-state index >= 15 is 0 Å². The highest BCUT2D eigenvalue weighted by atomic mass is 16.2. The molecule has 1 fully saturated rings. The molecule has 1 saturated heterocycles. The number of likely N-dealkylation sites (tertiary alicyclic amines) is 1. The van der Waals surface area contributed by atoms with Crippen molar-refractivity contribution in [3.05, 3.63) is 12.4 Å². The number of aromatic nitrogens is 2. The van der Waals surface area contributed by atoms with E-state index in [9.17, 15) is 9.59 Å². The van der Waals surface area contributed by atoms with E-state index in [1.165, 1.54) is 11.1 Å². The molecule has 1 aromatic rings. The minimum Gasteiger partial charge on any atom is -0.396 e. The standard InChI is InChI=1S/C11H16N4O2/c1-11(2)5-9(16)15(10(11)17)4-3-14-7-8(12)6-13-14/h6-7H,3-5,12H2,1-2H3. The molecule has 0 spiro atoms. The van der Waals surface area contributed by atoms with Gasteiger partial charge in [-0.2, -0.15) is 5.10 Å². The molecule has 6 heteroatoms.